The molecule has 4 nitrogen and oxygen atoms in total. The highest BCUT2D eigenvalue weighted by Gasteiger charge is 2.14. The Morgan fingerprint density at radius 3 is 2.71 bits per heavy atom. The van der Waals surface area contributed by atoms with Crippen molar-refractivity contribution in [1.29, 1.82) is 0 Å². The molecule has 0 fully saturated rings. The minimum Gasteiger partial charge on any atom is -0.478 e. The van der Waals surface area contributed by atoms with Crippen LogP contribution in [0.4, 0.5) is 4.39 Å². The molecule has 2 aromatic rings. The number of benzene rings is 1. The van der Waals surface area contributed by atoms with Crippen LogP contribution in [0.3, 0.4) is 0 Å². The summed E-state index contributed by atoms with van der Waals surface area (Å²) in [5.41, 5.74) is 0.659. The van der Waals surface area contributed by atoms with Crippen LogP contribution in [0.1, 0.15) is 10.4 Å². The Morgan fingerprint density at radius 1 is 1.53 bits per heavy atom. The molecule has 1 N–H and O–H groups in total. The van der Waals surface area contributed by atoms with Crippen molar-refractivity contribution in [2.24, 2.45) is 7.05 Å². The molecule has 0 bridgehead atoms. The molecule has 1 heterocycles. The average Bonchev–Trinajstić information content (AvgIpc) is 2.58. The van der Waals surface area contributed by atoms with Crippen LogP contribution in [-0.2, 0) is 7.05 Å². The van der Waals surface area contributed by atoms with Crippen molar-refractivity contribution in [2.75, 3.05) is 0 Å². The van der Waals surface area contributed by atoms with Crippen molar-refractivity contribution in [3.05, 3.63) is 40.8 Å². The Bertz CT molecular complexity index is 576. The number of hydrogen-bond acceptors (Lipinski definition) is 2. The predicted octanol–water partition coefficient (Wildman–Crippen LogP) is 2.58. The fourth-order valence-corrected chi connectivity index (χ4v) is 1.85. The van der Waals surface area contributed by atoms with Gasteiger partial charge < -0.3 is 5.11 Å². The molecule has 0 aliphatic carbocycles. The summed E-state index contributed by atoms with van der Waals surface area (Å²) in [5.74, 6) is -2.10. The van der Waals surface area contributed by atoms with E-state index in [4.69, 9.17) is 16.7 Å². The van der Waals surface area contributed by atoms with E-state index in [2.05, 4.69) is 5.10 Å². The largest absolute Gasteiger partial charge is 0.478 e. The van der Waals surface area contributed by atoms with Gasteiger partial charge in [-0.15, -0.1) is 0 Å². The van der Waals surface area contributed by atoms with Crippen LogP contribution in [0.2, 0.25) is 5.02 Å². The maximum atomic E-state index is 13.5. The third-order valence-electron chi connectivity index (χ3n) is 2.37. The highest BCUT2D eigenvalue weighted by atomic mass is 35.5. The number of carboxylic acid groups (broad SMARTS) is 1. The second kappa shape index (κ2) is 4.18. The number of carboxylic acids is 1. The number of hydrogen-bond donors (Lipinski definition) is 1. The predicted molar refractivity (Wildman–Crippen MR) is 60.6 cm³/mol. The minimum absolute atomic E-state index is 0.368. The van der Waals surface area contributed by atoms with Gasteiger partial charge in [-0.05, 0) is 12.1 Å². The third kappa shape index (κ3) is 2.01. The number of rotatable bonds is 2. The smallest absolute Gasteiger partial charge is 0.338 e. The first-order valence-corrected chi connectivity index (χ1v) is 5.09. The van der Waals surface area contributed by atoms with Gasteiger partial charge in [0.2, 0.25) is 0 Å². The number of nitrogens with zero attached hydrogens (tertiary/aromatic N) is 2. The van der Waals surface area contributed by atoms with Gasteiger partial charge in [0, 0.05) is 12.6 Å². The van der Waals surface area contributed by atoms with Gasteiger partial charge in [0.05, 0.1) is 22.5 Å². The molecule has 0 spiro atoms. The second-order valence-electron chi connectivity index (χ2n) is 3.46. The minimum atomic E-state index is -1.30. The van der Waals surface area contributed by atoms with E-state index in [0.29, 0.717) is 16.3 Å². The Kier molecular flexibility index (Phi) is 2.85. The van der Waals surface area contributed by atoms with E-state index < -0.39 is 11.8 Å². The molecule has 0 radical (unpaired) electrons. The van der Waals surface area contributed by atoms with Crippen molar-refractivity contribution < 1.29 is 14.3 Å². The van der Waals surface area contributed by atoms with Gasteiger partial charge in [0.1, 0.15) is 5.82 Å². The zero-order chi connectivity index (χ0) is 12.6. The van der Waals surface area contributed by atoms with E-state index in [1.54, 1.807) is 7.05 Å². The maximum Gasteiger partial charge on any atom is 0.338 e. The van der Waals surface area contributed by atoms with Crippen LogP contribution < -0.4 is 0 Å². The van der Waals surface area contributed by atoms with Crippen LogP contribution in [0.25, 0.3) is 11.3 Å². The number of carbonyl (C=O) groups is 1. The van der Waals surface area contributed by atoms with E-state index in [1.807, 2.05) is 0 Å². The van der Waals surface area contributed by atoms with Gasteiger partial charge in [-0.1, -0.05) is 17.7 Å². The van der Waals surface area contributed by atoms with E-state index in [-0.39, 0.29) is 5.56 Å². The lowest BCUT2D eigenvalue weighted by Gasteiger charge is -2.04. The van der Waals surface area contributed by atoms with E-state index >= 15 is 0 Å². The highest BCUT2D eigenvalue weighted by molar-refractivity contribution is 6.33. The molecular weight excluding hydrogens is 247 g/mol. The van der Waals surface area contributed by atoms with E-state index in [0.717, 1.165) is 6.07 Å². The van der Waals surface area contributed by atoms with Crippen LogP contribution in [0.5, 0.6) is 0 Å². The number of aromatic carboxylic acids is 1. The zero-order valence-electron chi connectivity index (χ0n) is 8.82. The summed E-state index contributed by atoms with van der Waals surface area (Å²) in [7, 11) is 1.67. The number of aryl methyl sites for hydroxylation is 1. The van der Waals surface area contributed by atoms with Crippen molar-refractivity contribution in [3.63, 3.8) is 0 Å². The van der Waals surface area contributed by atoms with Crippen molar-refractivity contribution in [2.45, 2.75) is 0 Å². The fourth-order valence-electron chi connectivity index (χ4n) is 1.57. The van der Waals surface area contributed by atoms with Gasteiger partial charge in [0.25, 0.3) is 0 Å². The summed E-state index contributed by atoms with van der Waals surface area (Å²) in [6.07, 6.45) is 1.44. The summed E-state index contributed by atoms with van der Waals surface area (Å²) in [4.78, 5) is 10.7. The topological polar surface area (TPSA) is 55.1 Å². The Hall–Kier alpha value is -1.88. The van der Waals surface area contributed by atoms with Crippen molar-refractivity contribution >= 4 is 17.6 Å². The van der Waals surface area contributed by atoms with Crippen molar-refractivity contribution in [1.82, 2.24) is 9.78 Å². The van der Waals surface area contributed by atoms with Crippen LogP contribution >= 0.6 is 11.6 Å². The molecule has 0 atom stereocenters. The highest BCUT2D eigenvalue weighted by Crippen LogP contribution is 2.28. The van der Waals surface area contributed by atoms with Gasteiger partial charge in [-0.3, -0.25) is 4.68 Å². The van der Waals surface area contributed by atoms with Crippen molar-refractivity contribution in [3.8, 4) is 11.3 Å². The first kappa shape index (κ1) is 11.6. The molecule has 1 aromatic heterocycles. The molecule has 88 valence electrons. The van der Waals surface area contributed by atoms with Gasteiger partial charge >= 0.3 is 5.97 Å². The van der Waals surface area contributed by atoms with Crippen LogP contribution in [-0.4, -0.2) is 20.9 Å². The molecule has 17 heavy (non-hydrogen) atoms. The molecule has 1 aromatic carbocycles. The SMILES string of the molecule is Cn1ncc(Cl)c1-c1ccc(C(=O)O)c(F)c1. The monoisotopic (exact) mass is 254 g/mol. The summed E-state index contributed by atoms with van der Waals surface area (Å²) < 4.78 is 15.0. The maximum absolute atomic E-state index is 13.5. The molecule has 0 saturated carbocycles. The summed E-state index contributed by atoms with van der Waals surface area (Å²) in [5, 5.41) is 13.0. The number of aromatic nitrogens is 2. The fraction of sp³-hybridized carbons (Fsp3) is 0.0909. The molecule has 0 aliphatic heterocycles. The van der Waals surface area contributed by atoms with Gasteiger partial charge in [-0.2, -0.15) is 5.10 Å². The zero-order valence-corrected chi connectivity index (χ0v) is 9.57. The van der Waals surface area contributed by atoms with Gasteiger partial charge in [-0.25, -0.2) is 9.18 Å². The Balaban J connectivity index is 2.56. The first-order chi connectivity index (χ1) is 8.00. The lowest BCUT2D eigenvalue weighted by atomic mass is 10.1. The molecule has 0 unspecified atom stereocenters. The second-order valence-corrected chi connectivity index (χ2v) is 3.87. The molecule has 6 heteroatoms. The van der Waals surface area contributed by atoms with Gasteiger partial charge in [0.15, 0.2) is 0 Å². The molecule has 2 rings (SSSR count). The first-order valence-electron chi connectivity index (χ1n) is 4.71. The Labute approximate surface area is 101 Å². The quantitative estimate of drug-likeness (QED) is 0.896. The normalized spacial score (nSPS) is 10.5. The summed E-state index contributed by atoms with van der Waals surface area (Å²) in [6, 6.07) is 3.83. The summed E-state index contributed by atoms with van der Waals surface area (Å²) in [6.45, 7) is 0. The molecule has 0 saturated heterocycles. The third-order valence-corrected chi connectivity index (χ3v) is 2.64. The lowest BCUT2D eigenvalue weighted by Crippen LogP contribution is -2.01. The molecule has 0 aliphatic rings. The van der Waals surface area contributed by atoms with Crippen LogP contribution in [0.15, 0.2) is 24.4 Å². The standard InChI is InChI=1S/C11H8ClFN2O2/c1-15-10(8(12)5-14-15)6-2-3-7(11(16)17)9(13)4-6/h2-5H,1H3,(H,16,17). The summed E-state index contributed by atoms with van der Waals surface area (Å²) >= 11 is 5.91. The number of halogens is 2. The van der Waals surface area contributed by atoms with Crippen LogP contribution in [0, 0.1) is 5.82 Å². The molecular formula is C11H8ClFN2O2. The molecule has 0 amide bonds. The Morgan fingerprint density at radius 2 is 2.24 bits per heavy atom. The average molecular weight is 255 g/mol. The lowest BCUT2D eigenvalue weighted by molar-refractivity contribution is 0.0692. The van der Waals surface area contributed by atoms with E-state index in [9.17, 15) is 9.18 Å². The van der Waals surface area contributed by atoms with E-state index in [1.165, 1.54) is 23.0 Å².